The number of hydrogen-bond donors (Lipinski definition) is 5. The number of allylic oxidation sites excluding steroid dienone is 1. The standard InChI is InChI=1S/C21H21N3O12S3.Cu/c1-24(11-19(26)27)6-7-37(29,30)13-3-5-17(25)16(10-13)22-23-20-15-4-2-14(38(31,32)33)8-12(15)9-18(21(20)28)39(34,35)36;/h2-5,8-10,22,25H,6-7,11H2,1H3,(H,26,27)(H,31,32,33)(H,34,35,36);/b23-20-;. The molecule has 0 aromatic heterocycles. The summed E-state index contributed by atoms with van der Waals surface area (Å²) >= 11 is 0. The summed E-state index contributed by atoms with van der Waals surface area (Å²) in [4.78, 5) is 22.8. The largest absolute Gasteiger partial charge is 0.506 e. The Kier molecular flexibility index (Phi) is 10.0. The maximum absolute atomic E-state index is 12.8. The van der Waals surface area contributed by atoms with Crippen LogP contribution in [0.1, 0.15) is 11.1 Å². The van der Waals surface area contributed by atoms with E-state index in [4.69, 9.17) is 5.11 Å². The molecule has 0 spiro atoms. The van der Waals surface area contributed by atoms with Crippen molar-refractivity contribution in [1.82, 2.24) is 4.90 Å². The van der Waals surface area contributed by atoms with Gasteiger partial charge in [-0.1, -0.05) is 6.07 Å². The molecule has 2 aromatic rings. The fourth-order valence-electron chi connectivity index (χ4n) is 3.40. The zero-order valence-corrected chi connectivity index (χ0v) is 23.5. The number of nitrogens with zero attached hydrogens (tertiary/aromatic N) is 2. The molecule has 0 saturated heterocycles. The molecule has 1 radical (unpaired) electrons. The average molecular weight is 667 g/mol. The third-order valence-corrected chi connectivity index (χ3v) is 8.74. The molecule has 0 amide bonds. The fourth-order valence-corrected chi connectivity index (χ4v) is 5.89. The molecular weight excluding hydrogens is 646 g/mol. The van der Waals surface area contributed by atoms with Gasteiger partial charge in [0, 0.05) is 29.2 Å². The number of aromatic hydroxyl groups is 1. The summed E-state index contributed by atoms with van der Waals surface area (Å²) in [6.45, 7) is -0.515. The summed E-state index contributed by atoms with van der Waals surface area (Å²) in [5.41, 5.74) is 0.962. The number of hydrazone groups is 1. The zero-order valence-electron chi connectivity index (χ0n) is 20.1. The van der Waals surface area contributed by atoms with Gasteiger partial charge in [-0.15, -0.1) is 0 Å². The van der Waals surface area contributed by atoms with Crippen molar-refractivity contribution in [3.63, 3.8) is 0 Å². The van der Waals surface area contributed by atoms with E-state index >= 15 is 0 Å². The first-order chi connectivity index (χ1) is 17.9. The number of carboxylic acid groups (broad SMARTS) is 1. The third-order valence-electron chi connectivity index (χ3n) is 5.34. The Bertz CT molecular complexity index is 1750. The molecule has 0 saturated carbocycles. The van der Waals surface area contributed by atoms with Gasteiger partial charge in [0.15, 0.2) is 9.84 Å². The van der Waals surface area contributed by atoms with Crippen molar-refractivity contribution in [2.45, 2.75) is 9.79 Å². The van der Waals surface area contributed by atoms with Gasteiger partial charge in [0.25, 0.3) is 20.2 Å². The van der Waals surface area contributed by atoms with Crippen LogP contribution in [-0.2, 0) is 56.7 Å². The van der Waals surface area contributed by atoms with Crippen LogP contribution < -0.4 is 5.43 Å². The molecule has 0 fully saturated rings. The Labute approximate surface area is 239 Å². The molecule has 1 aliphatic carbocycles. The number of Topliss-reactive ketones (excluding diaryl/α,β-unsaturated/α-hetero) is 1. The maximum atomic E-state index is 12.8. The van der Waals surface area contributed by atoms with Gasteiger partial charge in [-0.25, -0.2) is 8.42 Å². The number of carbonyl (C=O) groups excluding carboxylic acids is 1. The van der Waals surface area contributed by atoms with Gasteiger partial charge >= 0.3 is 5.97 Å². The van der Waals surface area contributed by atoms with E-state index in [0.717, 1.165) is 36.4 Å². The quantitative estimate of drug-likeness (QED) is 0.0974. The van der Waals surface area contributed by atoms with E-state index in [1.165, 1.54) is 11.9 Å². The Balaban J connectivity index is 0.00000560. The summed E-state index contributed by atoms with van der Waals surface area (Å²) < 4.78 is 90.7. The Morgan fingerprint density at radius 1 is 0.975 bits per heavy atom. The molecule has 0 aliphatic heterocycles. The number of rotatable bonds is 10. The molecule has 0 atom stereocenters. The van der Waals surface area contributed by atoms with E-state index in [2.05, 4.69) is 10.5 Å². The number of fused-ring (bicyclic) bond motifs is 1. The second kappa shape index (κ2) is 12.1. The number of likely N-dealkylation sites (N-methyl/N-ethyl adjacent to an activating group) is 1. The second-order valence-electron chi connectivity index (χ2n) is 8.24. The molecule has 15 nitrogen and oxygen atoms in total. The Morgan fingerprint density at radius 2 is 1.60 bits per heavy atom. The molecule has 3 rings (SSSR count). The van der Waals surface area contributed by atoms with Gasteiger partial charge in [-0.3, -0.25) is 29.0 Å². The first-order valence-corrected chi connectivity index (χ1v) is 15.1. The van der Waals surface area contributed by atoms with Gasteiger partial charge in [0.1, 0.15) is 16.4 Å². The van der Waals surface area contributed by atoms with Gasteiger partial charge in [-0.05, 0) is 49.0 Å². The molecule has 0 heterocycles. The van der Waals surface area contributed by atoms with Gasteiger partial charge in [0.05, 0.1) is 27.8 Å². The van der Waals surface area contributed by atoms with Crippen molar-refractivity contribution in [3.8, 4) is 5.75 Å². The van der Waals surface area contributed by atoms with E-state index in [9.17, 15) is 49.1 Å². The molecular formula is C21H21CuN3O12S3. The number of hydrogen-bond acceptors (Lipinski definition) is 12. The number of sulfone groups is 1. The number of phenolic OH excluding ortho intramolecular Hbond substituents is 1. The first kappa shape index (κ1) is 33.0. The van der Waals surface area contributed by atoms with E-state index in [0.29, 0.717) is 6.08 Å². The van der Waals surface area contributed by atoms with Crippen LogP contribution in [0.15, 0.2) is 56.2 Å². The van der Waals surface area contributed by atoms with Crippen molar-refractivity contribution in [2.75, 3.05) is 31.3 Å². The van der Waals surface area contributed by atoms with Crippen LogP contribution in [0.3, 0.4) is 0 Å². The Morgan fingerprint density at radius 3 is 2.17 bits per heavy atom. The van der Waals surface area contributed by atoms with Gasteiger partial charge in [0.2, 0.25) is 5.78 Å². The van der Waals surface area contributed by atoms with Gasteiger partial charge < -0.3 is 10.2 Å². The molecule has 5 N–H and O–H groups in total. The normalized spacial score (nSPS) is 14.8. The average Bonchev–Trinajstić information content (AvgIpc) is 2.80. The SMILES string of the molecule is CN(CCS(=O)(=O)c1ccc(O)c(N/N=C2\C(=O)C(S(=O)(=O)O)=Cc3cc(S(=O)(=O)O)ccc32)c1)CC(=O)O.[Cu]. The minimum Gasteiger partial charge on any atom is -0.506 e. The fraction of sp³-hybridized carbons (Fsp3) is 0.190. The molecule has 2 aromatic carbocycles. The van der Waals surface area contributed by atoms with Crippen LogP contribution in [0.5, 0.6) is 5.75 Å². The predicted octanol–water partition coefficient (Wildman–Crippen LogP) is 0.0541. The number of carboxylic acids is 1. The van der Waals surface area contributed by atoms with Crippen LogP contribution in [0.2, 0.25) is 0 Å². The van der Waals surface area contributed by atoms with E-state index in [1.54, 1.807) is 0 Å². The number of carbonyl (C=O) groups is 2. The van der Waals surface area contributed by atoms with Crippen molar-refractivity contribution in [2.24, 2.45) is 5.10 Å². The van der Waals surface area contributed by atoms with Crippen molar-refractivity contribution in [3.05, 3.63) is 52.4 Å². The van der Waals surface area contributed by atoms with Crippen molar-refractivity contribution in [1.29, 1.82) is 0 Å². The van der Waals surface area contributed by atoms with Gasteiger partial charge in [-0.2, -0.15) is 21.9 Å². The zero-order chi connectivity index (χ0) is 29.3. The summed E-state index contributed by atoms with van der Waals surface area (Å²) in [7, 11) is -12.4. The maximum Gasteiger partial charge on any atom is 0.317 e. The summed E-state index contributed by atoms with van der Waals surface area (Å²) in [6, 6.07) is 5.86. The topological polar surface area (TPSA) is 245 Å². The number of benzene rings is 2. The molecule has 0 bridgehead atoms. The number of phenols is 1. The summed E-state index contributed by atoms with van der Waals surface area (Å²) in [6.07, 6.45) is 0.687. The summed E-state index contributed by atoms with van der Waals surface area (Å²) in [5, 5.41) is 22.8. The van der Waals surface area contributed by atoms with E-state index in [-0.39, 0.29) is 45.3 Å². The number of ketones is 1. The smallest absolute Gasteiger partial charge is 0.317 e. The molecule has 221 valence electrons. The number of aliphatic carboxylic acids is 1. The minimum absolute atomic E-state index is 0. The van der Waals surface area contributed by atoms with Crippen LogP contribution in [-0.4, -0.2) is 92.8 Å². The number of anilines is 1. The van der Waals surface area contributed by atoms with Crippen molar-refractivity contribution >= 4 is 59.3 Å². The van der Waals surface area contributed by atoms with E-state index < -0.39 is 75.4 Å². The van der Waals surface area contributed by atoms with Crippen LogP contribution in [0.25, 0.3) is 6.08 Å². The molecule has 1 aliphatic rings. The van der Waals surface area contributed by atoms with Crippen LogP contribution >= 0.6 is 0 Å². The monoisotopic (exact) mass is 666 g/mol. The minimum atomic E-state index is -5.12. The second-order valence-corrected chi connectivity index (χ2v) is 13.2. The molecule has 40 heavy (non-hydrogen) atoms. The van der Waals surface area contributed by atoms with Crippen LogP contribution in [0, 0.1) is 0 Å². The molecule has 19 heteroatoms. The third kappa shape index (κ3) is 7.73. The molecule has 0 unspecified atom stereocenters. The summed E-state index contributed by atoms with van der Waals surface area (Å²) in [5.74, 6) is -3.44. The Hall–Kier alpha value is -3.16. The predicted molar refractivity (Wildman–Crippen MR) is 136 cm³/mol. The van der Waals surface area contributed by atoms with Crippen LogP contribution in [0.4, 0.5) is 5.69 Å². The van der Waals surface area contributed by atoms with E-state index in [1.807, 2.05) is 0 Å². The number of nitrogens with one attached hydrogen (secondary N) is 1. The van der Waals surface area contributed by atoms with Crippen molar-refractivity contribution < 1.29 is 71.2 Å². The first-order valence-electron chi connectivity index (χ1n) is 10.6.